The lowest BCUT2D eigenvalue weighted by Crippen LogP contribution is -2.00. The second-order valence-electron chi connectivity index (χ2n) is 5.36. The number of anilines is 1. The zero-order valence-electron chi connectivity index (χ0n) is 13.7. The monoisotopic (exact) mass is 406 g/mol. The normalized spacial score (nSPS) is 10.7. The second-order valence-corrected chi connectivity index (χ2v) is 7.17. The zero-order valence-corrected chi connectivity index (χ0v) is 16.1. The third-order valence-electron chi connectivity index (χ3n) is 3.39. The summed E-state index contributed by atoms with van der Waals surface area (Å²) >= 11 is 13.6. The van der Waals surface area contributed by atoms with Gasteiger partial charge in [-0.25, -0.2) is 15.0 Å². The molecule has 26 heavy (non-hydrogen) atoms. The predicted octanol–water partition coefficient (Wildman–Crippen LogP) is 4.67. The van der Waals surface area contributed by atoms with Crippen LogP contribution < -0.4 is 10.5 Å². The molecule has 134 valence electrons. The van der Waals surface area contributed by atoms with Crippen LogP contribution in [-0.4, -0.2) is 20.7 Å². The molecule has 8 heteroatoms. The van der Waals surface area contributed by atoms with Crippen molar-refractivity contribution in [1.82, 2.24) is 15.0 Å². The van der Waals surface area contributed by atoms with E-state index in [2.05, 4.69) is 15.0 Å². The Balaban J connectivity index is 1.53. The molecule has 0 atom stereocenters. The van der Waals surface area contributed by atoms with Gasteiger partial charge in [-0.1, -0.05) is 65.3 Å². The number of pyridine rings is 1. The Hall–Kier alpha value is -2.02. The van der Waals surface area contributed by atoms with E-state index in [0.29, 0.717) is 40.1 Å². The number of aromatic nitrogens is 3. The molecule has 0 aliphatic rings. The first-order valence-electron chi connectivity index (χ1n) is 7.85. The number of ether oxygens (including phenoxy) is 1. The third kappa shape index (κ3) is 5.49. The van der Waals surface area contributed by atoms with Crippen molar-refractivity contribution in [2.24, 2.45) is 0 Å². The van der Waals surface area contributed by atoms with Gasteiger partial charge in [0.15, 0.2) is 16.1 Å². The lowest BCUT2D eigenvalue weighted by atomic mass is 10.2. The molecule has 0 unspecified atom stereocenters. The number of thioether (sulfide) groups is 1. The van der Waals surface area contributed by atoms with Crippen LogP contribution in [0.3, 0.4) is 0 Å². The molecule has 0 saturated heterocycles. The van der Waals surface area contributed by atoms with E-state index in [-0.39, 0.29) is 0 Å². The van der Waals surface area contributed by atoms with Crippen LogP contribution in [-0.2, 0) is 13.0 Å². The van der Waals surface area contributed by atoms with Gasteiger partial charge in [0.25, 0.3) is 0 Å². The second kappa shape index (κ2) is 9.07. The highest BCUT2D eigenvalue weighted by molar-refractivity contribution is 7.99. The number of benzene rings is 1. The summed E-state index contributed by atoms with van der Waals surface area (Å²) in [5, 5.41) is 1.23. The van der Waals surface area contributed by atoms with Crippen LogP contribution in [0.25, 0.3) is 0 Å². The molecule has 0 aliphatic heterocycles. The molecule has 5 nitrogen and oxygen atoms in total. The highest BCUT2D eigenvalue weighted by Crippen LogP contribution is 2.24. The van der Waals surface area contributed by atoms with Crippen molar-refractivity contribution in [3.8, 4) is 5.75 Å². The van der Waals surface area contributed by atoms with Crippen molar-refractivity contribution in [3.05, 3.63) is 70.1 Å². The lowest BCUT2D eigenvalue weighted by Gasteiger charge is -2.09. The van der Waals surface area contributed by atoms with Crippen LogP contribution in [0.2, 0.25) is 10.3 Å². The Kier molecular flexibility index (Phi) is 6.55. The molecule has 0 saturated carbocycles. The molecule has 0 bridgehead atoms. The van der Waals surface area contributed by atoms with Crippen molar-refractivity contribution < 1.29 is 4.74 Å². The summed E-state index contributed by atoms with van der Waals surface area (Å²) in [7, 11) is 0. The van der Waals surface area contributed by atoms with Gasteiger partial charge in [0.2, 0.25) is 0 Å². The largest absolute Gasteiger partial charge is 0.486 e. The number of aryl methyl sites for hydroxylation is 1. The van der Waals surface area contributed by atoms with Crippen LogP contribution in [0.4, 0.5) is 5.82 Å². The van der Waals surface area contributed by atoms with Crippen molar-refractivity contribution in [2.45, 2.75) is 18.2 Å². The quantitative estimate of drug-likeness (QED) is 0.266. The molecule has 1 aromatic carbocycles. The van der Waals surface area contributed by atoms with Gasteiger partial charge >= 0.3 is 0 Å². The van der Waals surface area contributed by atoms with E-state index >= 15 is 0 Å². The third-order valence-corrected chi connectivity index (χ3v) is 4.71. The Morgan fingerprint density at radius 1 is 1.00 bits per heavy atom. The molecule has 0 spiro atoms. The number of nitrogens with two attached hydrogens (primary N) is 1. The topological polar surface area (TPSA) is 73.9 Å². The van der Waals surface area contributed by atoms with Gasteiger partial charge in [-0.3, -0.25) is 0 Å². The Morgan fingerprint density at radius 2 is 1.81 bits per heavy atom. The van der Waals surface area contributed by atoms with E-state index in [0.717, 1.165) is 17.0 Å². The van der Waals surface area contributed by atoms with Gasteiger partial charge in [0, 0.05) is 17.5 Å². The average Bonchev–Trinajstić information content (AvgIpc) is 2.61. The number of nitrogen functional groups attached to an aromatic ring is 1. The number of halogens is 2. The fraction of sp³-hybridized carbons (Fsp3) is 0.167. The molecule has 2 N–H and O–H groups in total. The van der Waals surface area contributed by atoms with Crippen molar-refractivity contribution in [1.29, 1.82) is 0 Å². The van der Waals surface area contributed by atoms with E-state index in [4.69, 9.17) is 33.7 Å². The minimum atomic E-state index is 0.334. The fourth-order valence-corrected chi connectivity index (χ4v) is 3.46. The number of hydrogen-bond donors (Lipinski definition) is 1. The molecule has 3 rings (SSSR count). The van der Waals surface area contributed by atoms with Gasteiger partial charge in [-0.15, -0.1) is 0 Å². The zero-order chi connectivity index (χ0) is 18.4. The van der Waals surface area contributed by atoms with Gasteiger partial charge < -0.3 is 10.5 Å². The first kappa shape index (κ1) is 18.8. The van der Waals surface area contributed by atoms with Crippen LogP contribution in [0.15, 0.2) is 53.7 Å². The van der Waals surface area contributed by atoms with E-state index in [1.54, 1.807) is 0 Å². The van der Waals surface area contributed by atoms with Gasteiger partial charge in [-0.05, 0) is 24.1 Å². The maximum Gasteiger partial charge on any atom is 0.190 e. The highest BCUT2D eigenvalue weighted by atomic mass is 35.5. The fourth-order valence-electron chi connectivity index (χ4n) is 2.17. The number of nitrogens with zero attached hydrogens (tertiary/aromatic N) is 3. The van der Waals surface area contributed by atoms with E-state index in [9.17, 15) is 0 Å². The van der Waals surface area contributed by atoms with Crippen LogP contribution in [0.1, 0.15) is 11.3 Å². The predicted molar refractivity (Wildman–Crippen MR) is 106 cm³/mol. The summed E-state index contributed by atoms with van der Waals surface area (Å²) in [4.78, 5) is 12.6. The van der Waals surface area contributed by atoms with E-state index in [1.165, 1.54) is 17.8 Å². The first-order valence-corrected chi connectivity index (χ1v) is 9.59. The Bertz CT molecular complexity index is 860. The summed E-state index contributed by atoms with van der Waals surface area (Å²) < 4.78 is 5.73. The molecular weight excluding hydrogens is 391 g/mol. The van der Waals surface area contributed by atoms with Crippen molar-refractivity contribution in [3.63, 3.8) is 0 Å². The molecule has 2 aromatic heterocycles. The Labute approximate surface area is 165 Å². The highest BCUT2D eigenvalue weighted by Gasteiger charge is 2.07. The minimum Gasteiger partial charge on any atom is -0.486 e. The van der Waals surface area contributed by atoms with Gasteiger partial charge in [-0.2, -0.15) is 0 Å². The molecular formula is C18H16Cl2N4OS. The summed E-state index contributed by atoms with van der Waals surface area (Å²) in [5.41, 5.74) is 7.60. The summed E-state index contributed by atoms with van der Waals surface area (Å²) in [6.07, 6.45) is 0.707. The van der Waals surface area contributed by atoms with Gasteiger partial charge in [0.05, 0.1) is 0 Å². The summed E-state index contributed by atoms with van der Waals surface area (Å²) in [5.74, 6) is 1.65. The molecule has 0 fully saturated rings. The maximum absolute atomic E-state index is 6.23. The van der Waals surface area contributed by atoms with Crippen LogP contribution in [0, 0.1) is 0 Å². The summed E-state index contributed by atoms with van der Waals surface area (Å²) in [6.45, 7) is 0.449. The number of hydrogen-bond acceptors (Lipinski definition) is 6. The molecule has 2 heterocycles. The van der Waals surface area contributed by atoms with Gasteiger partial charge in [0.1, 0.15) is 17.6 Å². The SMILES string of the molecule is Nc1cc(Cl)nc(SCCc2ccc(OCc3ccccc3)c(Cl)n2)n1. The van der Waals surface area contributed by atoms with E-state index < -0.39 is 0 Å². The minimum absolute atomic E-state index is 0.334. The molecule has 0 aliphatic carbocycles. The summed E-state index contributed by atoms with van der Waals surface area (Å²) in [6, 6.07) is 15.2. The average molecular weight is 407 g/mol. The lowest BCUT2D eigenvalue weighted by molar-refractivity contribution is 0.305. The molecule has 3 aromatic rings. The maximum atomic E-state index is 6.23. The smallest absolute Gasteiger partial charge is 0.190 e. The molecule has 0 radical (unpaired) electrons. The Morgan fingerprint density at radius 3 is 2.54 bits per heavy atom. The van der Waals surface area contributed by atoms with Crippen LogP contribution in [0.5, 0.6) is 5.75 Å². The van der Waals surface area contributed by atoms with E-state index in [1.807, 2.05) is 42.5 Å². The molecule has 0 amide bonds. The first-order chi connectivity index (χ1) is 12.6. The number of rotatable bonds is 7. The van der Waals surface area contributed by atoms with Crippen LogP contribution >= 0.6 is 35.0 Å². The standard InChI is InChI=1S/C18H16Cl2N4OS/c19-15-10-16(21)24-18(23-15)26-9-8-13-6-7-14(17(20)22-13)25-11-12-4-2-1-3-5-12/h1-7,10H,8-9,11H2,(H2,21,23,24). The van der Waals surface area contributed by atoms with Crippen molar-refractivity contribution in [2.75, 3.05) is 11.5 Å². The van der Waals surface area contributed by atoms with Crippen molar-refractivity contribution >= 4 is 40.8 Å².